The Morgan fingerprint density at radius 2 is 2.19 bits per heavy atom. The molecule has 0 atom stereocenters. The predicted molar refractivity (Wildman–Crippen MR) is 65.4 cm³/mol. The number of rotatable bonds is 5. The number of nitro benzene ring substituents is 1. The molecule has 0 aromatic heterocycles. The van der Waals surface area contributed by atoms with Crippen LogP contribution >= 0.6 is 0 Å². The van der Waals surface area contributed by atoms with Crippen molar-refractivity contribution in [3.63, 3.8) is 0 Å². The van der Waals surface area contributed by atoms with Gasteiger partial charge in [-0.3, -0.25) is 14.9 Å². The van der Waals surface area contributed by atoms with Crippen LogP contribution in [0.4, 0.5) is 18.9 Å². The summed E-state index contributed by atoms with van der Waals surface area (Å²) in [6.45, 7) is 0. The number of carbonyl (C=O) groups is 1. The zero-order chi connectivity index (χ0) is 16.0. The summed E-state index contributed by atoms with van der Waals surface area (Å²) in [5, 5.41) is 14.3. The van der Waals surface area contributed by atoms with Crippen molar-refractivity contribution in [2.45, 2.75) is 12.6 Å². The van der Waals surface area contributed by atoms with Crippen molar-refractivity contribution in [2.24, 2.45) is 5.10 Å². The van der Waals surface area contributed by atoms with E-state index in [9.17, 15) is 28.1 Å². The SMILES string of the molecule is CO/C(Cc1ccc(C(F)(F)F)cc1[N+](=O)[O-])=N\NC=O. The van der Waals surface area contributed by atoms with E-state index in [1.807, 2.05) is 5.43 Å². The molecule has 1 aromatic carbocycles. The summed E-state index contributed by atoms with van der Waals surface area (Å²) in [5.41, 5.74) is 0.0770. The maximum atomic E-state index is 12.5. The van der Waals surface area contributed by atoms with E-state index in [0.717, 1.165) is 12.1 Å². The number of hydrazone groups is 1. The lowest BCUT2D eigenvalue weighted by molar-refractivity contribution is -0.385. The van der Waals surface area contributed by atoms with Crippen molar-refractivity contribution >= 4 is 18.0 Å². The van der Waals surface area contributed by atoms with Crippen LogP contribution in [0.3, 0.4) is 0 Å². The Balaban J connectivity index is 3.18. The zero-order valence-corrected chi connectivity index (χ0v) is 10.7. The first-order chi connectivity index (χ1) is 9.79. The molecule has 0 aliphatic heterocycles. The Labute approximate surface area is 116 Å². The van der Waals surface area contributed by atoms with Gasteiger partial charge in [0.25, 0.3) is 5.69 Å². The maximum absolute atomic E-state index is 12.5. The van der Waals surface area contributed by atoms with Gasteiger partial charge in [0.2, 0.25) is 12.3 Å². The summed E-state index contributed by atoms with van der Waals surface area (Å²) in [6, 6.07) is 2.13. The van der Waals surface area contributed by atoms with Gasteiger partial charge in [-0.15, -0.1) is 5.10 Å². The summed E-state index contributed by atoms with van der Waals surface area (Å²) in [7, 11) is 1.21. The third-order valence-corrected chi connectivity index (χ3v) is 2.43. The van der Waals surface area contributed by atoms with Crippen molar-refractivity contribution in [3.8, 4) is 0 Å². The van der Waals surface area contributed by atoms with Crippen LogP contribution in [0.15, 0.2) is 23.3 Å². The fraction of sp³-hybridized carbons (Fsp3) is 0.273. The van der Waals surface area contributed by atoms with Crippen LogP contribution in [0.1, 0.15) is 11.1 Å². The van der Waals surface area contributed by atoms with Gasteiger partial charge < -0.3 is 4.74 Å². The van der Waals surface area contributed by atoms with Crippen LogP contribution in [0.25, 0.3) is 0 Å². The molecule has 0 bridgehead atoms. The molecule has 1 rings (SSSR count). The van der Waals surface area contributed by atoms with E-state index < -0.39 is 22.4 Å². The van der Waals surface area contributed by atoms with Gasteiger partial charge in [0.15, 0.2) is 0 Å². The van der Waals surface area contributed by atoms with Gasteiger partial charge >= 0.3 is 6.18 Å². The second kappa shape index (κ2) is 6.68. The lowest BCUT2D eigenvalue weighted by Crippen LogP contribution is -2.14. The summed E-state index contributed by atoms with van der Waals surface area (Å²) >= 11 is 0. The van der Waals surface area contributed by atoms with Crippen molar-refractivity contribution in [2.75, 3.05) is 7.11 Å². The first-order valence-corrected chi connectivity index (χ1v) is 5.43. The highest BCUT2D eigenvalue weighted by Gasteiger charge is 2.33. The number of hydrogen-bond donors (Lipinski definition) is 1. The Hall–Kier alpha value is -2.65. The number of hydrogen-bond acceptors (Lipinski definition) is 5. The topological polar surface area (TPSA) is 93.8 Å². The first kappa shape index (κ1) is 16.4. The molecular formula is C11H10F3N3O4. The number of nitro groups is 1. The van der Waals surface area contributed by atoms with Gasteiger partial charge in [0, 0.05) is 11.6 Å². The third kappa shape index (κ3) is 4.44. The second-order valence-electron chi connectivity index (χ2n) is 3.73. The van der Waals surface area contributed by atoms with Crippen LogP contribution in [0.5, 0.6) is 0 Å². The number of amides is 1. The normalized spacial score (nSPS) is 11.9. The van der Waals surface area contributed by atoms with Crippen LogP contribution in [-0.4, -0.2) is 24.3 Å². The first-order valence-electron chi connectivity index (χ1n) is 5.43. The van der Waals surface area contributed by atoms with E-state index >= 15 is 0 Å². The molecule has 0 aliphatic carbocycles. The number of alkyl halides is 3. The average molecular weight is 305 g/mol. The number of nitrogens with one attached hydrogen (secondary N) is 1. The van der Waals surface area contributed by atoms with E-state index in [2.05, 4.69) is 5.10 Å². The quantitative estimate of drug-likeness (QED) is 0.295. The Morgan fingerprint density at radius 3 is 2.67 bits per heavy atom. The lowest BCUT2D eigenvalue weighted by Gasteiger charge is -2.09. The molecule has 0 saturated heterocycles. The molecule has 0 unspecified atom stereocenters. The molecule has 1 aromatic rings. The number of methoxy groups -OCH3 is 1. The van der Waals surface area contributed by atoms with E-state index in [-0.39, 0.29) is 24.3 Å². The zero-order valence-electron chi connectivity index (χ0n) is 10.7. The predicted octanol–water partition coefficient (Wildman–Crippen LogP) is 1.86. The van der Waals surface area contributed by atoms with Crippen molar-refractivity contribution < 1.29 is 27.6 Å². The summed E-state index contributed by atoms with van der Waals surface area (Å²) in [5.74, 6) is -0.0926. The van der Waals surface area contributed by atoms with Gasteiger partial charge in [-0.25, -0.2) is 5.43 Å². The molecule has 1 N–H and O–H groups in total. The third-order valence-electron chi connectivity index (χ3n) is 2.43. The number of ether oxygens (including phenoxy) is 1. The molecular weight excluding hydrogens is 295 g/mol. The van der Waals surface area contributed by atoms with Crippen LogP contribution in [-0.2, 0) is 22.1 Å². The smallest absolute Gasteiger partial charge is 0.416 e. The molecule has 114 valence electrons. The van der Waals surface area contributed by atoms with Gasteiger partial charge in [-0.05, 0) is 6.07 Å². The molecule has 7 nitrogen and oxygen atoms in total. The van der Waals surface area contributed by atoms with Gasteiger partial charge in [-0.2, -0.15) is 13.2 Å². The minimum absolute atomic E-state index is 0.0266. The number of carbonyl (C=O) groups excluding carboxylic acids is 1. The van der Waals surface area contributed by atoms with Crippen molar-refractivity contribution in [1.29, 1.82) is 0 Å². The molecule has 0 fully saturated rings. The summed E-state index contributed by atoms with van der Waals surface area (Å²) in [4.78, 5) is 20.0. The standard InChI is InChI=1S/C11H10F3N3O4/c1-21-10(16-15-6-18)4-7-2-3-8(11(12,13)14)5-9(7)17(19)20/h2-3,5-6H,4H2,1H3,(H,15,18)/b16-10-. The summed E-state index contributed by atoms with van der Waals surface area (Å²) < 4.78 is 42.4. The molecule has 0 spiro atoms. The van der Waals surface area contributed by atoms with Crippen molar-refractivity contribution in [3.05, 3.63) is 39.4 Å². The Bertz CT molecular complexity index is 572. The monoisotopic (exact) mass is 305 g/mol. The molecule has 0 heterocycles. The summed E-state index contributed by atoms with van der Waals surface area (Å²) in [6.07, 6.45) is -4.67. The number of benzene rings is 1. The van der Waals surface area contributed by atoms with Crippen molar-refractivity contribution in [1.82, 2.24) is 5.43 Å². The van der Waals surface area contributed by atoms with E-state index in [1.165, 1.54) is 7.11 Å². The molecule has 1 amide bonds. The Morgan fingerprint density at radius 1 is 1.52 bits per heavy atom. The van der Waals surface area contributed by atoms with E-state index in [4.69, 9.17) is 4.74 Å². The van der Waals surface area contributed by atoms with Crippen LogP contribution in [0.2, 0.25) is 0 Å². The van der Waals surface area contributed by atoms with Crippen LogP contribution < -0.4 is 5.43 Å². The minimum atomic E-state index is -4.68. The van der Waals surface area contributed by atoms with Gasteiger partial charge in [-0.1, -0.05) is 6.07 Å². The number of nitrogens with zero attached hydrogens (tertiary/aromatic N) is 2. The molecule has 10 heteroatoms. The molecule has 0 saturated carbocycles. The van der Waals surface area contributed by atoms with E-state index in [0.29, 0.717) is 6.07 Å². The highest BCUT2D eigenvalue weighted by Crippen LogP contribution is 2.33. The highest BCUT2D eigenvalue weighted by molar-refractivity contribution is 5.80. The fourth-order valence-electron chi connectivity index (χ4n) is 1.48. The Kier molecular flexibility index (Phi) is 5.22. The fourth-order valence-corrected chi connectivity index (χ4v) is 1.48. The van der Waals surface area contributed by atoms with Gasteiger partial charge in [0.05, 0.1) is 24.0 Å². The molecule has 0 radical (unpaired) electrons. The average Bonchev–Trinajstić information content (AvgIpc) is 2.42. The minimum Gasteiger partial charge on any atom is -0.483 e. The largest absolute Gasteiger partial charge is 0.483 e. The van der Waals surface area contributed by atoms with E-state index in [1.54, 1.807) is 0 Å². The maximum Gasteiger partial charge on any atom is 0.416 e. The van der Waals surface area contributed by atoms with Gasteiger partial charge in [0.1, 0.15) is 0 Å². The second-order valence-corrected chi connectivity index (χ2v) is 3.73. The van der Waals surface area contributed by atoms with Crippen LogP contribution in [0, 0.1) is 10.1 Å². The lowest BCUT2D eigenvalue weighted by atomic mass is 10.1. The highest BCUT2D eigenvalue weighted by atomic mass is 19.4. The number of halogens is 3. The molecule has 0 aliphatic rings. The molecule has 21 heavy (non-hydrogen) atoms.